The van der Waals surface area contributed by atoms with Gasteiger partial charge in [-0.3, -0.25) is 4.79 Å². The van der Waals surface area contributed by atoms with Gasteiger partial charge in [-0.15, -0.1) is 11.8 Å². The third kappa shape index (κ3) is 3.99. The lowest BCUT2D eigenvalue weighted by atomic mass is 10.0. The monoisotopic (exact) mass is 399 g/mol. The summed E-state index contributed by atoms with van der Waals surface area (Å²) in [6, 6.07) is 8.32. The fraction of sp³-hybridized carbons (Fsp3) is 0.235. The second-order valence-corrected chi connectivity index (χ2v) is 9.29. The Morgan fingerprint density at radius 2 is 2.04 bits per heavy atom. The summed E-state index contributed by atoms with van der Waals surface area (Å²) >= 11 is 7.52. The molecule has 0 bridgehead atoms. The highest BCUT2D eigenvalue weighted by atomic mass is 35.5. The molecular formula is C17H15ClFNO3S2. The van der Waals surface area contributed by atoms with Gasteiger partial charge in [0.2, 0.25) is 0 Å². The van der Waals surface area contributed by atoms with Gasteiger partial charge in [-0.1, -0.05) is 11.6 Å². The van der Waals surface area contributed by atoms with Gasteiger partial charge in [0.15, 0.2) is 9.84 Å². The molecule has 132 valence electrons. The van der Waals surface area contributed by atoms with Crippen molar-refractivity contribution in [2.45, 2.75) is 22.3 Å². The smallest absolute Gasteiger partial charge is 0.251 e. The zero-order chi connectivity index (χ0) is 18.2. The van der Waals surface area contributed by atoms with Crippen molar-refractivity contribution in [2.24, 2.45) is 0 Å². The van der Waals surface area contributed by atoms with Gasteiger partial charge in [-0.05, 0) is 48.4 Å². The highest BCUT2D eigenvalue weighted by Gasteiger charge is 2.24. The van der Waals surface area contributed by atoms with Crippen LogP contribution in [0.5, 0.6) is 0 Å². The van der Waals surface area contributed by atoms with Gasteiger partial charge in [0, 0.05) is 22.5 Å². The molecule has 1 unspecified atom stereocenters. The summed E-state index contributed by atoms with van der Waals surface area (Å²) in [5.41, 5.74) is 0.933. The minimum atomic E-state index is -3.54. The van der Waals surface area contributed by atoms with Crippen molar-refractivity contribution in [1.29, 1.82) is 0 Å². The SMILES string of the molecule is CS(=O)(=O)c1cc(C(=O)NC2CCSc3ccc(F)cc32)ccc1Cl. The molecule has 0 saturated carbocycles. The fourth-order valence-corrected chi connectivity index (χ4v) is 5.09. The molecule has 1 amide bonds. The van der Waals surface area contributed by atoms with E-state index in [0.29, 0.717) is 6.42 Å². The number of halogens is 2. The van der Waals surface area contributed by atoms with Gasteiger partial charge in [0.1, 0.15) is 5.82 Å². The molecule has 4 nitrogen and oxygen atoms in total. The summed E-state index contributed by atoms with van der Waals surface area (Å²) in [6.45, 7) is 0. The van der Waals surface area contributed by atoms with Crippen molar-refractivity contribution in [3.8, 4) is 0 Å². The zero-order valence-corrected chi connectivity index (χ0v) is 15.6. The van der Waals surface area contributed by atoms with Crippen LogP contribution in [0, 0.1) is 5.82 Å². The summed E-state index contributed by atoms with van der Waals surface area (Å²) in [6.07, 6.45) is 1.70. The van der Waals surface area contributed by atoms with Crippen molar-refractivity contribution >= 4 is 39.1 Å². The summed E-state index contributed by atoms with van der Waals surface area (Å²) in [4.78, 5) is 13.4. The van der Waals surface area contributed by atoms with Gasteiger partial charge >= 0.3 is 0 Å². The normalized spacial score (nSPS) is 17.0. The van der Waals surface area contributed by atoms with Crippen LogP contribution in [0.1, 0.15) is 28.4 Å². The Kier molecular flexibility index (Phi) is 5.09. The summed E-state index contributed by atoms with van der Waals surface area (Å²) in [5.74, 6) is 0.0266. The van der Waals surface area contributed by atoms with Gasteiger partial charge in [0.05, 0.1) is 16.0 Å². The number of benzene rings is 2. The van der Waals surface area contributed by atoms with E-state index in [1.807, 2.05) is 0 Å². The average molecular weight is 400 g/mol. The molecule has 1 heterocycles. The summed E-state index contributed by atoms with van der Waals surface area (Å²) in [5, 5.41) is 2.93. The van der Waals surface area contributed by atoms with Crippen LogP contribution in [-0.4, -0.2) is 26.3 Å². The zero-order valence-electron chi connectivity index (χ0n) is 13.3. The summed E-state index contributed by atoms with van der Waals surface area (Å²) < 4.78 is 37.1. The van der Waals surface area contributed by atoms with Crippen LogP contribution < -0.4 is 5.32 Å². The Hall–Kier alpha value is -1.57. The molecule has 0 spiro atoms. The third-order valence-electron chi connectivity index (χ3n) is 3.91. The first kappa shape index (κ1) is 18.2. The average Bonchev–Trinajstić information content (AvgIpc) is 2.54. The van der Waals surface area contributed by atoms with E-state index >= 15 is 0 Å². The maximum Gasteiger partial charge on any atom is 0.251 e. The molecule has 25 heavy (non-hydrogen) atoms. The Labute approximate surface area is 154 Å². The lowest BCUT2D eigenvalue weighted by molar-refractivity contribution is 0.0934. The molecule has 2 aromatic rings. The molecule has 0 fully saturated rings. The van der Waals surface area contributed by atoms with E-state index in [4.69, 9.17) is 11.6 Å². The van der Waals surface area contributed by atoms with Gasteiger partial charge in [0.25, 0.3) is 5.91 Å². The molecule has 0 saturated heterocycles. The first-order chi connectivity index (χ1) is 11.8. The van der Waals surface area contributed by atoms with Crippen LogP contribution in [0.2, 0.25) is 5.02 Å². The second-order valence-electron chi connectivity index (χ2n) is 5.76. The molecule has 0 aliphatic carbocycles. The number of carbonyl (C=O) groups is 1. The first-order valence-electron chi connectivity index (χ1n) is 7.48. The van der Waals surface area contributed by atoms with Crippen molar-refractivity contribution in [3.05, 3.63) is 58.4 Å². The van der Waals surface area contributed by atoms with Crippen molar-refractivity contribution < 1.29 is 17.6 Å². The van der Waals surface area contributed by atoms with Crippen LogP contribution >= 0.6 is 23.4 Å². The minimum Gasteiger partial charge on any atom is -0.345 e. The quantitative estimate of drug-likeness (QED) is 0.851. The van der Waals surface area contributed by atoms with Gasteiger partial charge < -0.3 is 5.32 Å². The first-order valence-corrected chi connectivity index (χ1v) is 10.7. The van der Waals surface area contributed by atoms with E-state index in [1.54, 1.807) is 17.8 Å². The lowest BCUT2D eigenvalue weighted by Gasteiger charge is -2.26. The minimum absolute atomic E-state index is 0.0699. The number of hydrogen-bond acceptors (Lipinski definition) is 4. The van der Waals surface area contributed by atoms with Gasteiger partial charge in [-0.2, -0.15) is 0 Å². The molecule has 1 aliphatic rings. The Balaban J connectivity index is 1.88. The number of hydrogen-bond donors (Lipinski definition) is 1. The number of fused-ring (bicyclic) bond motifs is 1. The molecular weight excluding hydrogens is 385 g/mol. The predicted octanol–water partition coefficient (Wildman–Crippen LogP) is 3.85. The van der Waals surface area contributed by atoms with E-state index in [1.165, 1.54) is 30.3 Å². The van der Waals surface area contributed by atoms with Crippen LogP contribution in [0.15, 0.2) is 46.2 Å². The number of rotatable bonds is 3. The maximum atomic E-state index is 13.6. The van der Waals surface area contributed by atoms with Gasteiger partial charge in [-0.25, -0.2) is 12.8 Å². The molecule has 1 N–H and O–H groups in total. The van der Waals surface area contributed by atoms with E-state index in [0.717, 1.165) is 22.5 Å². The highest BCUT2D eigenvalue weighted by molar-refractivity contribution is 7.99. The van der Waals surface area contributed by atoms with Crippen LogP contribution in [0.4, 0.5) is 4.39 Å². The Morgan fingerprint density at radius 1 is 1.28 bits per heavy atom. The van der Waals surface area contributed by atoms with E-state index in [-0.39, 0.29) is 27.3 Å². The Morgan fingerprint density at radius 3 is 2.76 bits per heavy atom. The number of thioether (sulfide) groups is 1. The molecule has 8 heteroatoms. The van der Waals surface area contributed by atoms with Crippen molar-refractivity contribution in [2.75, 3.05) is 12.0 Å². The second kappa shape index (κ2) is 6.97. The summed E-state index contributed by atoms with van der Waals surface area (Å²) in [7, 11) is -3.54. The molecule has 0 aromatic heterocycles. The van der Waals surface area contributed by atoms with Crippen LogP contribution in [-0.2, 0) is 9.84 Å². The standard InChI is InChI=1S/C17H15ClFNO3S2/c1-25(22,23)16-8-10(2-4-13(16)18)17(21)20-14-6-7-24-15-5-3-11(19)9-12(14)15/h2-5,8-9,14H,6-7H2,1H3,(H,20,21). The van der Waals surface area contributed by atoms with Crippen molar-refractivity contribution in [1.82, 2.24) is 5.32 Å². The highest BCUT2D eigenvalue weighted by Crippen LogP contribution is 2.36. The maximum absolute atomic E-state index is 13.6. The number of carbonyl (C=O) groups excluding carboxylic acids is 1. The van der Waals surface area contributed by atoms with E-state index < -0.39 is 15.7 Å². The topological polar surface area (TPSA) is 63.2 Å². The van der Waals surface area contributed by atoms with E-state index in [9.17, 15) is 17.6 Å². The lowest BCUT2D eigenvalue weighted by Crippen LogP contribution is -2.30. The molecule has 1 aliphatic heterocycles. The van der Waals surface area contributed by atoms with Crippen LogP contribution in [0.3, 0.4) is 0 Å². The largest absolute Gasteiger partial charge is 0.345 e. The fourth-order valence-electron chi connectivity index (χ4n) is 2.69. The molecule has 2 aromatic carbocycles. The Bertz CT molecular complexity index is 947. The number of amides is 1. The molecule has 3 rings (SSSR count). The predicted molar refractivity (Wildman–Crippen MR) is 96.5 cm³/mol. The van der Waals surface area contributed by atoms with Crippen LogP contribution in [0.25, 0.3) is 0 Å². The molecule has 0 radical (unpaired) electrons. The van der Waals surface area contributed by atoms with E-state index in [2.05, 4.69) is 5.32 Å². The number of nitrogens with one attached hydrogen (secondary N) is 1. The molecule has 1 atom stereocenters. The third-order valence-corrected chi connectivity index (χ3v) is 6.61. The van der Waals surface area contributed by atoms with Crippen molar-refractivity contribution in [3.63, 3.8) is 0 Å². The number of sulfone groups is 1.